The van der Waals surface area contributed by atoms with E-state index in [1.165, 1.54) is 0 Å². The van der Waals surface area contributed by atoms with Crippen molar-refractivity contribution in [3.63, 3.8) is 0 Å². The van der Waals surface area contributed by atoms with Crippen molar-refractivity contribution < 1.29 is 28.6 Å². The number of amides is 3. The SMILES string of the molecule is O=C(OCCN1CCOCC1)N1CC(CN2C(=O)COC2=O)C1. The minimum Gasteiger partial charge on any atom is -0.448 e. The van der Waals surface area contributed by atoms with Gasteiger partial charge < -0.3 is 19.1 Å². The molecule has 3 aliphatic rings. The number of hydrogen-bond acceptors (Lipinski definition) is 7. The van der Waals surface area contributed by atoms with Gasteiger partial charge in [-0.05, 0) is 0 Å². The summed E-state index contributed by atoms with van der Waals surface area (Å²) in [7, 11) is 0. The molecule has 0 N–H and O–H groups in total. The van der Waals surface area contributed by atoms with Crippen LogP contribution in [0.2, 0.25) is 0 Å². The van der Waals surface area contributed by atoms with Gasteiger partial charge >= 0.3 is 12.2 Å². The summed E-state index contributed by atoms with van der Waals surface area (Å²) in [5.41, 5.74) is 0. The maximum absolute atomic E-state index is 11.9. The number of imide groups is 1. The summed E-state index contributed by atoms with van der Waals surface area (Å²) in [6, 6.07) is 0. The van der Waals surface area contributed by atoms with Gasteiger partial charge in [-0.2, -0.15) is 0 Å². The Labute approximate surface area is 134 Å². The molecule has 0 aromatic carbocycles. The van der Waals surface area contributed by atoms with Crippen molar-refractivity contribution >= 4 is 18.1 Å². The second-order valence-corrected chi connectivity index (χ2v) is 5.90. The molecule has 0 saturated carbocycles. The van der Waals surface area contributed by atoms with Gasteiger partial charge in [-0.15, -0.1) is 0 Å². The van der Waals surface area contributed by atoms with Crippen LogP contribution in [-0.4, -0.2) is 98.5 Å². The lowest BCUT2D eigenvalue weighted by molar-refractivity contribution is -0.126. The monoisotopic (exact) mass is 327 g/mol. The van der Waals surface area contributed by atoms with Crippen LogP contribution < -0.4 is 0 Å². The van der Waals surface area contributed by atoms with Crippen molar-refractivity contribution in [3.05, 3.63) is 0 Å². The highest BCUT2D eigenvalue weighted by atomic mass is 16.6. The number of hydrogen-bond donors (Lipinski definition) is 0. The summed E-state index contributed by atoms with van der Waals surface area (Å²) in [6.45, 7) is 5.35. The molecular formula is C14H21N3O6. The fraction of sp³-hybridized carbons (Fsp3) is 0.786. The molecule has 128 valence electrons. The molecular weight excluding hydrogens is 306 g/mol. The normalized spacial score (nSPS) is 23.0. The second kappa shape index (κ2) is 7.14. The Morgan fingerprint density at radius 3 is 2.61 bits per heavy atom. The molecule has 9 nitrogen and oxygen atoms in total. The minimum absolute atomic E-state index is 0.0939. The number of rotatable bonds is 5. The number of nitrogens with zero attached hydrogens (tertiary/aromatic N) is 3. The molecule has 3 aliphatic heterocycles. The van der Waals surface area contributed by atoms with E-state index in [2.05, 4.69) is 9.64 Å². The van der Waals surface area contributed by atoms with Crippen LogP contribution in [0.25, 0.3) is 0 Å². The Kier molecular flexibility index (Phi) is 4.97. The Morgan fingerprint density at radius 1 is 1.22 bits per heavy atom. The molecule has 23 heavy (non-hydrogen) atoms. The number of carbonyl (C=O) groups is 3. The van der Waals surface area contributed by atoms with E-state index < -0.39 is 6.09 Å². The van der Waals surface area contributed by atoms with Crippen LogP contribution in [0.5, 0.6) is 0 Å². The molecule has 0 unspecified atom stereocenters. The van der Waals surface area contributed by atoms with Gasteiger partial charge in [-0.25, -0.2) is 14.5 Å². The van der Waals surface area contributed by atoms with Gasteiger partial charge in [-0.3, -0.25) is 9.69 Å². The molecule has 0 aromatic heterocycles. The van der Waals surface area contributed by atoms with E-state index in [4.69, 9.17) is 9.47 Å². The predicted octanol–water partition coefficient (Wildman–Crippen LogP) is -0.634. The molecule has 3 fully saturated rings. The Hall–Kier alpha value is -1.87. The third kappa shape index (κ3) is 3.91. The lowest BCUT2D eigenvalue weighted by atomic mass is 10.0. The van der Waals surface area contributed by atoms with Gasteiger partial charge in [-0.1, -0.05) is 0 Å². The molecule has 0 radical (unpaired) electrons. The zero-order valence-electron chi connectivity index (χ0n) is 12.9. The van der Waals surface area contributed by atoms with Crippen LogP contribution in [-0.2, 0) is 19.0 Å². The van der Waals surface area contributed by atoms with Gasteiger partial charge in [0.2, 0.25) is 0 Å². The van der Waals surface area contributed by atoms with E-state index in [9.17, 15) is 14.4 Å². The number of carbonyl (C=O) groups excluding carboxylic acids is 3. The molecule has 0 aromatic rings. The quantitative estimate of drug-likeness (QED) is 0.664. The lowest BCUT2D eigenvalue weighted by Crippen LogP contribution is -2.54. The zero-order chi connectivity index (χ0) is 16.2. The molecule has 0 aliphatic carbocycles. The lowest BCUT2D eigenvalue weighted by Gasteiger charge is -2.39. The molecule has 3 amide bonds. The molecule has 9 heteroatoms. The number of likely N-dealkylation sites (tertiary alicyclic amines) is 1. The molecule has 3 heterocycles. The second-order valence-electron chi connectivity index (χ2n) is 5.90. The van der Waals surface area contributed by atoms with Crippen LogP contribution in [0.4, 0.5) is 9.59 Å². The summed E-state index contributed by atoms with van der Waals surface area (Å²) < 4.78 is 15.1. The van der Waals surface area contributed by atoms with Crippen LogP contribution in [0, 0.1) is 5.92 Å². The van der Waals surface area contributed by atoms with Gasteiger partial charge in [0.15, 0.2) is 6.61 Å². The molecule has 3 saturated heterocycles. The van der Waals surface area contributed by atoms with Gasteiger partial charge in [0.05, 0.1) is 13.2 Å². The Morgan fingerprint density at radius 2 is 1.96 bits per heavy atom. The Bertz CT molecular complexity index is 457. The predicted molar refractivity (Wildman–Crippen MR) is 76.7 cm³/mol. The largest absolute Gasteiger partial charge is 0.448 e. The smallest absolute Gasteiger partial charge is 0.417 e. The van der Waals surface area contributed by atoms with Gasteiger partial charge in [0, 0.05) is 45.2 Å². The van der Waals surface area contributed by atoms with Crippen LogP contribution in [0.3, 0.4) is 0 Å². The highest BCUT2D eigenvalue weighted by molar-refractivity contribution is 5.97. The molecule has 3 rings (SSSR count). The minimum atomic E-state index is -0.596. The van der Waals surface area contributed by atoms with Gasteiger partial charge in [0.25, 0.3) is 5.91 Å². The van der Waals surface area contributed by atoms with E-state index in [-0.39, 0.29) is 24.5 Å². The summed E-state index contributed by atoms with van der Waals surface area (Å²) in [4.78, 5) is 39.5. The first-order chi connectivity index (χ1) is 11.1. The molecule has 0 bridgehead atoms. The van der Waals surface area contributed by atoms with E-state index in [1.807, 2.05) is 0 Å². The van der Waals surface area contributed by atoms with Crippen LogP contribution in [0.1, 0.15) is 0 Å². The summed E-state index contributed by atoms with van der Waals surface area (Å²) in [5.74, 6) is -0.224. The van der Waals surface area contributed by atoms with Crippen LogP contribution in [0.15, 0.2) is 0 Å². The molecule has 0 atom stereocenters. The highest BCUT2D eigenvalue weighted by Gasteiger charge is 2.38. The fourth-order valence-electron chi connectivity index (χ4n) is 2.83. The summed E-state index contributed by atoms with van der Waals surface area (Å²) >= 11 is 0. The summed E-state index contributed by atoms with van der Waals surface area (Å²) in [6.07, 6.45) is -0.939. The Balaban J connectivity index is 1.30. The van der Waals surface area contributed by atoms with Crippen molar-refractivity contribution in [2.75, 3.05) is 65.7 Å². The van der Waals surface area contributed by atoms with Crippen molar-refractivity contribution in [3.8, 4) is 0 Å². The van der Waals surface area contributed by atoms with Crippen molar-refractivity contribution in [2.45, 2.75) is 0 Å². The maximum atomic E-state index is 11.9. The van der Waals surface area contributed by atoms with Gasteiger partial charge in [0.1, 0.15) is 6.61 Å². The van der Waals surface area contributed by atoms with E-state index in [1.54, 1.807) is 4.90 Å². The molecule has 0 spiro atoms. The van der Waals surface area contributed by atoms with Crippen LogP contribution >= 0.6 is 0 Å². The number of morpholine rings is 1. The first kappa shape index (κ1) is 16.0. The number of cyclic esters (lactones) is 1. The van der Waals surface area contributed by atoms with E-state index in [0.717, 1.165) is 31.2 Å². The maximum Gasteiger partial charge on any atom is 0.417 e. The average Bonchev–Trinajstić information content (AvgIpc) is 2.82. The first-order valence-electron chi connectivity index (χ1n) is 7.82. The van der Waals surface area contributed by atoms with E-state index >= 15 is 0 Å². The standard InChI is InChI=1S/C14H21N3O6/c18-12-10-23-14(20)17(12)9-11-7-16(8-11)13(19)22-6-3-15-1-4-21-5-2-15/h11H,1-10H2. The first-order valence-corrected chi connectivity index (χ1v) is 7.82. The topological polar surface area (TPSA) is 88.6 Å². The third-order valence-electron chi connectivity index (χ3n) is 4.23. The van der Waals surface area contributed by atoms with Crippen molar-refractivity contribution in [1.82, 2.24) is 14.7 Å². The highest BCUT2D eigenvalue weighted by Crippen LogP contribution is 2.20. The summed E-state index contributed by atoms with van der Waals surface area (Å²) in [5, 5.41) is 0. The fourth-order valence-corrected chi connectivity index (χ4v) is 2.83. The average molecular weight is 327 g/mol. The third-order valence-corrected chi connectivity index (χ3v) is 4.23. The van der Waals surface area contributed by atoms with Crippen molar-refractivity contribution in [2.24, 2.45) is 5.92 Å². The van der Waals surface area contributed by atoms with Crippen molar-refractivity contribution in [1.29, 1.82) is 0 Å². The number of ether oxygens (including phenoxy) is 3. The van der Waals surface area contributed by atoms with E-state index in [0.29, 0.717) is 32.8 Å². The zero-order valence-corrected chi connectivity index (χ0v) is 12.9.